The highest BCUT2D eigenvalue weighted by atomic mass is 16.9. The van der Waals surface area contributed by atoms with Crippen molar-refractivity contribution in [3.63, 3.8) is 0 Å². The Morgan fingerprint density at radius 1 is 1.06 bits per heavy atom. The van der Waals surface area contributed by atoms with Crippen LogP contribution in [-0.2, 0) is 20.2 Å². The quantitative estimate of drug-likeness (QED) is 0.784. The van der Waals surface area contributed by atoms with Crippen LogP contribution in [0.5, 0.6) is 0 Å². The molecule has 0 N–H and O–H groups in total. The fourth-order valence-electron chi connectivity index (χ4n) is 2.13. The molecule has 90 valence electrons. The van der Waals surface area contributed by atoms with Crippen molar-refractivity contribution in [3.05, 3.63) is 42.0 Å². The Labute approximate surface area is 101 Å². The summed E-state index contributed by atoms with van der Waals surface area (Å²) in [6, 6.07) is 7.89. The fourth-order valence-corrected chi connectivity index (χ4v) is 2.13. The summed E-state index contributed by atoms with van der Waals surface area (Å²) in [5, 5.41) is 0. The zero-order valence-corrected chi connectivity index (χ0v) is 9.94. The SMILES string of the molecule is C=Cc1ccc(C23OCC(C)(CO2)CO3)cc1. The first-order valence-corrected chi connectivity index (χ1v) is 5.81. The summed E-state index contributed by atoms with van der Waals surface area (Å²) >= 11 is 0. The molecule has 3 aliphatic rings. The van der Waals surface area contributed by atoms with E-state index in [0.717, 1.165) is 11.1 Å². The van der Waals surface area contributed by atoms with Crippen LogP contribution >= 0.6 is 0 Å². The average Bonchev–Trinajstić information content (AvgIpc) is 2.40. The van der Waals surface area contributed by atoms with Gasteiger partial charge in [-0.15, -0.1) is 0 Å². The number of hydrogen-bond acceptors (Lipinski definition) is 3. The molecule has 4 rings (SSSR count). The van der Waals surface area contributed by atoms with E-state index < -0.39 is 5.97 Å². The largest absolute Gasteiger partial charge is 0.323 e. The van der Waals surface area contributed by atoms with Gasteiger partial charge in [-0.25, -0.2) is 0 Å². The van der Waals surface area contributed by atoms with Gasteiger partial charge < -0.3 is 14.2 Å². The van der Waals surface area contributed by atoms with Crippen molar-refractivity contribution in [1.29, 1.82) is 0 Å². The first kappa shape index (κ1) is 11.0. The first-order chi connectivity index (χ1) is 8.16. The number of rotatable bonds is 2. The molecule has 3 nitrogen and oxygen atoms in total. The normalized spacial score (nSPS) is 35.8. The zero-order chi connectivity index (χ0) is 11.9. The fraction of sp³-hybridized carbons (Fsp3) is 0.429. The number of fused-ring (bicyclic) bond motifs is 3. The van der Waals surface area contributed by atoms with Gasteiger partial charge >= 0.3 is 5.97 Å². The molecule has 3 saturated heterocycles. The number of ether oxygens (including phenoxy) is 3. The first-order valence-electron chi connectivity index (χ1n) is 5.81. The summed E-state index contributed by atoms with van der Waals surface area (Å²) in [6.07, 6.45) is 1.81. The standard InChI is InChI=1S/C14H16O3/c1-3-11-4-6-12(7-5-11)14-15-8-13(2,9-16-14)10-17-14/h3-7H,1,8-10H2,2H3. The Hall–Kier alpha value is -1.16. The molecular formula is C14H16O3. The highest BCUT2D eigenvalue weighted by Gasteiger charge is 2.51. The molecule has 3 aliphatic heterocycles. The van der Waals surface area contributed by atoms with Gasteiger partial charge in [0.05, 0.1) is 19.8 Å². The molecule has 0 aromatic heterocycles. The van der Waals surface area contributed by atoms with Crippen LogP contribution in [0.4, 0.5) is 0 Å². The second-order valence-electron chi connectivity index (χ2n) is 5.06. The number of hydrogen-bond donors (Lipinski definition) is 0. The summed E-state index contributed by atoms with van der Waals surface area (Å²) in [5.74, 6) is -0.989. The van der Waals surface area contributed by atoms with E-state index in [0.29, 0.717) is 19.8 Å². The number of benzene rings is 1. The van der Waals surface area contributed by atoms with E-state index >= 15 is 0 Å². The van der Waals surface area contributed by atoms with Crippen LogP contribution in [0.25, 0.3) is 6.08 Å². The monoisotopic (exact) mass is 232 g/mol. The minimum Gasteiger partial charge on any atom is -0.323 e. The van der Waals surface area contributed by atoms with Crippen LogP contribution < -0.4 is 0 Å². The summed E-state index contributed by atoms with van der Waals surface area (Å²) in [5.41, 5.74) is 1.98. The van der Waals surface area contributed by atoms with Gasteiger partial charge in [-0.05, 0) is 5.56 Å². The summed E-state index contributed by atoms with van der Waals surface area (Å²) in [6.45, 7) is 7.87. The van der Waals surface area contributed by atoms with Crippen LogP contribution in [0.3, 0.4) is 0 Å². The van der Waals surface area contributed by atoms with Crippen molar-refractivity contribution in [3.8, 4) is 0 Å². The zero-order valence-electron chi connectivity index (χ0n) is 9.94. The van der Waals surface area contributed by atoms with Crippen molar-refractivity contribution in [2.75, 3.05) is 19.8 Å². The molecule has 0 atom stereocenters. The summed E-state index contributed by atoms with van der Waals surface area (Å²) < 4.78 is 17.3. The molecule has 1 aromatic carbocycles. The minimum absolute atomic E-state index is 0.00278. The van der Waals surface area contributed by atoms with E-state index in [9.17, 15) is 0 Å². The Kier molecular flexibility index (Phi) is 2.36. The molecule has 0 saturated carbocycles. The molecular weight excluding hydrogens is 216 g/mol. The molecule has 2 bridgehead atoms. The maximum atomic E-state index is 5.76. The highest BCUT2D eigenvalue weighted by Crippen LogP contribution is 2.43. The lowest BCUT2D eigenvalue weighted by molar-refractivity contribution is -0.477. The van der Waals surface area contributed by atoms with Gasteiger partial charge in [0.2, 0.25) is 0 Å². The van der Waals surface area contributed by atoms with E-state index in [1.54, 1.807) is 0 Å². The molecule has 0 spiro atoms. The van der Waals surface area contributed by atoms with Crippen LogP contribution in [0.15, 0.2) is 30.8 Å². The van der Waals surface area contributed by atoms with Crippen LogP contribution in [0.1, 0.15) is 18.1 Å². The predicted octanol–water partition coefficient (Wildman–Crippen LogP) is 2.52. The van der Waals surface area contributed by atoms with Crippen molar-refractivity contribution < 1.29 is 14.2 Å². The van der Waals surface area contributed by atoms with E-state index in [2.05, 4.69) is 13.5 Å². The van der Waals surface area contributed by atoms with Gasteiger partial charge in [0, 0.05) is 11.0 Å². The second kappa shape index (κ2) is 3.67. The molecule has 17 heavy (non-hydrogen) atoms. The Morgan fingerprint density at radius 3 is 2.06 bits per heavy atom. The minimum atomic E-state index is -0.989. The molecule has 0 radical (unpaired) electrons. The average molecular weight is 232 g/mol. The molecule has 3 heteroatoms. The third-order valence-electron chi connectivity index (χ3n) is 3.33. The third kappa shape index (κ3) is 1.71. The van der Waals surface area contributed by atoms with Crippen molar-refractivity contribution >= 4 is 6.08 Å². The van der Waals surface area contributed by atoms with E-state index in [1.165, 1.54) is 0 Å². The molecule has 3 fully saturated rings. The molecule has 0 aliphatic carbocycles. The third-order valence-corrected chi connectivity index (χ3v) is 3.33. The lowest BCUT2D eigenvalue weighted by Crippen LogP contribution is -2.57. The topological polar surface area (TPSA) is 27.7 Å². The lowest BCUT2D eigenvalue weighted by Gasteiger charge is -2.50. The second-order valence-corrected chi connectivity index (χ2v) is 5.06. The van der Waals surface area contributed by atoms with Gasteiger partial charge in [0.25, 0.3) is 0 Å². The smallest absolute Gasteiger partial charge is 0.312 e. The summed E-state index contributed by atoms with van der Waals surface area (Å²) in [4.78, 5) is 0. The predicted molar refractivity (Wildman–Crippen MR) is 64.2 cm³/mol. The lowest BCUT2D eigenvalue weighted by atomic mass is 9.91. The molecule has 0 unspecified atom stereocenters. The Morgan fingerprint density at radius 2 is 1.59 bits per heavy atom. The van der Waals surface area contributed by atoms with E-state index in [1.807, 2.05) is 30.3 Å². The molecule has 3 heterocycles. The summed E-state index contributed by atoms with van der Waals surface area (Å²) in [7, 11) is 0. The van der Waals surface area contributed by atoms with Crippen molar-refractivity contribution in [2.24, 2.45) is 5.41 Å². The van der Waals surface area contributed by atoms with Gasteiger partial charge in [-0.1, -0.05) is 43.8 Å². The van der Waals surface area contributed by atoms with Gasteiger partial charge in [-0.2, -0.15) is 0 Å². The molecule has 1 aromatic rings. The van der Waals surface area contributed by atoms with Gasteiger partial charge in [-0.3, -0.25) is 0 Å². The Balaban J connectivity index is 1.90. The van der Waals surface area contributed by atoms with E-state index in [-0.39, 0.29) is 5.41 Å². The van der Waals surface area contributed by atoms with Crippen LogP contribution in [0.2, 0.25) is 0 Å². The van der Waals surface area contributed by atoms with Crippen molar-refractivity contribution in [1.82, 2.24) is 0 Å². The van der Waals surface area contributed by atoms with Gasteiger partial charge in [0.15, 0.2) is 0 Å². The maximum absolute atomic E-state index is 5.76. The Bertz CT molecular complexity index is 411. The van der Waals surface area contributed by atoms with Crippen molar-refractivity contribution in [2.45, 2.75) is 12.9 Å². The van der Waals surface area contributed by atoms with Crippen LogP contribution in [0, 0.1) is 5.41 Å². The van der Waals surface area contributed by atoms with Crippen LogP contribution in [-0.4, -0.2) is 19.8 Å². The van der Waals surface area contributed by atoms with E-state index in [4.69, 9.17) is 14.2 Å². The maximum Gasteiger partial charge on any atom is 0.312 e. The van der Waals surface area contributed by atoms with Gasteiger partial charge in [0.1, 0.15) is 0 Å². The highest BCUT2D eigenvalue weighted by molar-refractivity contribution is 5.47. The molecule has 0 amide bonds.